The number of hydrogen-bond donors (Lipinski definition) is 1. The second kappa shape index (κ2) is 8.19. The van der Waals surface area contributed by atoms with E-state index < -0.39 is 0 Å². The minimum atomic E-state index is 0.300. The molecule has 1 aliphatic heterocycles. The van der Waals surface area contributed by atoms with Gasteiger partial charge in [0.05, 0.1) is 0 Å². The van der Waals surface area contributed by atoms with Crippen LogP contribution in [-0.2, 0) is 4.79 Å². The van der Waals surface area contributed by atoms with Gasteiger partial charge in [-0.1, -0.05) is 53.9 Å². The molecule has 1 heterocycles. The summed E-state index contributed by atoms with van der Waals surface area (Å²) in [6, 6.07) is 0. The highest BCUT2D eigenvalue weighted by molar-refractivity contribution is 5.76. The van der Waals surface area contributed by atoms with Crippen LogP contribution in [0, 0.1) is 52.3 Å². The number of carbonyl (C=O) groups excluding carboxylic acids is 1. The number of nitrogens with one attached hydrogen (secondary N) is 1. The van der Waals surface area contributed by atoms with Crippen molar-refractivity contribution in [2.75, 3.05) is 6.54 Å². The third-order valence-electron chi connectivity index (χ3n) is 10.7. The lowest BCUT2D eigenvalue weighted by Gasteiger charge is -2.59. The fraction of sp³-hybridized carbons (Fsp3) is 0.963. The van der Waals surface area contributed by atoms with Crippen molar-refractivity contribution in [3.05, 3.63) is 0 Å². The number of rotatable bonds is 5. The molecule has 29 heavy (non-hydrogen) atoms. The highest BCUT2D eigenvalue weighted by Crippen LogP contribution is 2.67. The lowest BCUT2D eigenvalue weighted by atomic mass is 9.46. The summed E-state index contributed by atoms with van der Waals surface area (Å²) in [5, 5.41) is 3.23. The van der Waals surface area contributed by atoms with Crippen molar-refractivity contribution in [3.63, 3.8) is 0 Å². The van der Waals surface area contributed by atoms with Gasteiger partial charge in [-0.2, -0.15) is 0 Å². The minimum absolute atomic E-state index is 0.300. The maximum atomic E-state index is 12.1. The summed E-state index contributed by atoms with van der Waals surface area (Å²) < 4.78 is 0. The van der Waals surface area contributed by atoms with Crippen LogP contribution < -0.4 is 5.32 Å². The molecule has 3 aliphatic carbocycles. The zero-order chi connectivity index (χ0) is 20.8. The van der Waals surface area contributed by atoms with E-state index in [1.165, 1.54) is 57.8 Å². The molecule has 1 N–H and O–H groups in total. The molecule has 0 radical (unpaired) electrons. The van der Waals surface area contributed by atoms with E-state index in [9.17, 15) is 4.79 Å². The highest BCUT2D eigenvalue weighted by Gasteiger charge is 2.60. The fourth-order valence-electron chi connectivity index (χ4n) is 8.99. The maximum Gasteiger partial charge on any atom is 0.220 e. The first-order valence-electron chi connectivity index (χ1n) is 13.0. The van der Waals surface area contributed by atoms with Gasteiger partial charge in [0.2, 0.25) is 5.91 Å². The molecule has 4 fully saturated rings. The Morgan fingerprint density at radius 3 is 2.45 bits per heavy atom. The second-order valence-electron chi connectivity index (χ2n) is 12.5. The molecular weight excluding hydrogens is 354 g/mol. The molecule has 0 spiro atoms. The lowest BCUT2D eigenvalue weighted by molar-refractivity contribution is -0.121. The molecule has 1 saturated heterocycles. The van der Waals surface area contributed by atoms with Gasteiger partial charge in [-0.15, -0.1) is 0 Å². The average Bonchev–Trinajstić information content (AvgIpc) is 2.94. The first kappa shape index (κ1) is 21.7. The van der Waals surface area contributed by atoms with E-state index in [0.717, 1.165) is 54.9 Å². The summed E-state index contributed by atoms with van der Waals surface area (Å²) in [5.41, 5.74) is 0.977. The van der Waals surface area contributed by atoms with Gasteiger partial charge in [0.25, 0.3) is 0 Å². The summed E-state index contributed by atoms with van der Waals surface area (Å²) >= 11 is 0. The van der Waals surface area contributed by atoms with E-state index in [2.05, 4.69) is 39.9 Å². The van der Waals surface area contributed by atoms with Crippen LogP contribution in [0.25, 0.3) is 0 Å². The van der Waals surface area contributed by atoms with Crippen molar-refractivity contribution in [2.45, 2.75) is 105 Å². The number of carbonyl (C=O) groups is 1. The molecule has 2 nitrogen and oxygen atoms in total. The monoisotopic (exact) mass is 401 g/mol. The van der Waals surface area contributed by atoms with E-state index in [4.69, 9.17) is 0 Å². The van der Waals surface area contributed by atoms with Crippen LogP contribution in [0.3, 0.4) is 0 Å². The molecule has 4 rings (SSSR count). The zero-order valence-electron chi connectivity index (χ0n) is 19.9. The van der Waals surface area contributed by atoms with Gasteiger partial charge in [-0.3, -0.25) is 4.79 Å². The Labute approximate surface area is 180 Å². The standard InChI is InChI=1S/C27H47NO/c1-18(2)7-6-8-19(3)22-11-12-23-21-10-9-20-17-28-25(29)14-16-26(20,4)24(21)13-15-27(22,23)5/h18-24H,6-17H2,1-5H3,(H,28,29). The molecule has 8 unspecified atom stereocenters. The fourth-order valence-corrected chi connectivity index (χ4v) is 8.99. The zero-order valence-corrected chi connectivity index (χ0v) is 19.9. The second-order valence-corrected chi connectivity index (χ2v) is 12.5. The smallest absolute Gasteiger partial charge is 0.220 e. The van der Waals surface area contributed by atoms with E-state index in [1.54, 1.807) is 0 Å². The van der Waals surface area contributed by atoms with E-state index >= 15 is 0 Å². The summed E-state index contributed by atoms with van der Waals surface area (Å²) in [7, 11) is 0. The molecule has 166 valence electrons. The Bertz CT molecular complexity index is 599. The van der Waals surface area contributed by atoms with E-state index in [1.807, 2.05) is 0 Å². The van der Waals surface area contributed by atoms with Crippen LogP contribution in [0.15, 0.2) is 0 Å². The van der Waals surface area contributed by atoms with E-state index in [-0.39, 0.29) is 0 Å². The quantitative estimate of drug-likeness (QED) is 0.537. The van der Waals surface area contributed by atoms with Crippen molar-refractivity contribution < 1.29 is 4.79 Å². The topological polar surface area (TPSA) is 29.1 Å². The predicted molar refractivity (Wildman–Crippen MR) is 121 cm³/mol. The number of amides is 1. The van der Waals surface area contributed by atoms with Gasteiger partial charge in [0, 0.05) is 13.0 Å². The van der Waals surface area contributed by atoms with Crippen LogP contribution >= 0.6 is 0 Å². The summed E-state index contributed by atoms with van der Waals surface area (Å²) in [6.07, 6.45) is 14.7. The van der Waals surface area contributed by atoms with Crippen molar-refractivity contribution in [3.8, 4) is 0 Å². The third kappa shape index (κ3) is 3.80. The third-order valence-corrected chi connectivity index (χ3v) is 10.7. The van der Waals surface area contributed by atoms with Crippen LogP contribution in [0.2, 0.25) is 0 Å². The normalized spacial score (nSPS) is 45.7. The van der Waals surface area contributed by atoms with Crippen LogP contribution in [0.4, 0.5) is 0 Å². The Morgan fingerprint density at radius 1 is 0.931 bits per heavy atom. The Balaban J connectivity index is 1.48. The SMILES string of the molecule is CC(C)CCCC(C)C1CCC2C3CCC4CNC(=O)CCC4(C)C3CCC12C. The van der Waals surface area contributed by atoms with Gasteiger partial charge >= 0.3 is 0 Å². The minimum Gasteiger partial charge on any atom is -0.356 e. The molecule has 0 aromatic heterocycles. The molecule has 4 aliphatic rings. The van der Waals surface area contributed by atoms with Crippen molar-refractivity contribution >= 4 is 5.91 Å². The molecule has 0 bridgehead atoms. The summed E-state index contributed by atoms with van der Waals surface area (Å²) in [4.78, 5) is 12.1. The van der Waals surface area contributed by atoms with E-state index in [0.29, 0.717) is 22.7 Å². The van der Waals surface area contributed by atoms with Gasteiger partial charge < -0.3 is 5.32 Å². The summed E-state index contributed by atoms with van der Waals surface area (Å²) in [5.74, 6) is 6.44. The predicted octanol–water partition coefficient (Wildman–Crippen LogP) is 6.83. The molecule has 0 aromatic rings. The van der Waals surface area contributed by atoms with Gasteiger partial charge in [0.1, 0.15) is 0 Å². The summed E-state index contributed by atoms with van der Waals surface area (Å²) in [6.45, 7) is 13.5. The van der Waals surface area contributed by atoms with Crippen LogP contribution in [0.1, 0.15) is 105 Å². The number of hydrogen-bond acceptors (Lipinski definition) is 1. The van der Waals surface area contributed by atoms with Crippen LogP contribution in [-0.4, -0.2) is 12.5 Å². The largest absolute Gasteiger partial charge is 0.356 e. The average molecular weight is 402 g/mol. The molecule has 8 atom stereocenters. The lowest BCUT2D eigenvalue weighted by Crippen LogP contribution is -2.53. The Morgan fingerprint density at radius 2 is 1.69 bits per heavy atom. The molecule has 1 amide bonds. The number of fused-ring (bicyclic) bond motifs is 5. The van der Waals surface area contributed by atoms with Crippen molar-refractivity contribution in [2.24, 2.45) is 52.3 Å². The highest BCUT2D eigenvalue weighted by atomic mass is 16.1. The molecule has 0 aromatic carbocycles. The van der Waals surface area contributed by atoms with Crippen LogP contribution in [0.5, 0.6) is 0 Å². The van der Waals surface area contributed by atoms with Gasteiger partial charge in [0.15, 0.2) is 0 Å². The van der Waals surface area contributed by atoms with Crippen molar-refractivity contribution in [1.29, 1.82) is 0 Å². The van der Waals surface area contributed by atoms with Gasteiger partial charge in [-0.25, -0.2) is 0 Å². The maximum absolute atomic E-state index is 12.1. The van der Waals surface area contributed by atoms with Gasteiger partial charge in [-0.05, 0) is 97.2 Å². The van der Waals surface area contributed by atoms with Crippen molar-refractivity contribution in [1.82, 2.24) is 5.32 Å². The Hall–Kier alpha value is -0.530. The molecular formula is C27H47NO. The molecule has 3 saturated carbocycles. The first-order valence-corrected chi connectivity index (χ1v) is 13.0. The first-order chi connectivity index (χ1) is 13.8. The molecule has 2 heteroatoms. The Kier molecular flexibility index (Phi) is 6.13.